The molecule has 0 amide bonds. The predicted molar refractivity (Wildman–Crippen MR) is 129 cm³/mol. The monoisotopic (exact) mass is 422 g/mol. The number of hydrogen-bond donors (Lipinski definition) is 0. The maximum atomic E-state index is 5.56. The van der Waals surface area contributed by atoms with Gasteiger partial charge in [-0.25, -0.2) is 0 Å². The van der Waals surface area contributed by atoms with Crippen molar-refractivity contribution in [3.63, 3.8) is 0 Å². The van der Waals surface area contributed by atoms with Gasteiger partial charge in [-0.2, -0.15) is 15.1 Å². The molecular formula is C28H26N2O2. The van der Waals surface area contributed by atoms with Crippen molar-refractivity contribution in [1.29, 1.82) is 0 Å². The molecule has 0 aliphatic heterocycles. The van der Waals surface area contributed by atoms with E-state index < -0.39 is 0 Å². The molecule has 160 valence electrons. The number of nitrogens with zero attached hydrogens (tertiary/aromatic N) is 2. The van der Waals surface area contributed by atoms with Gasteiger partial charge < -0.3 is 4.89 Å². The van der Waals surface area contributed by atoms with Crippen LogP contribution in [-0.4, -0.2) is 6.10 Å². The first kappa shape index (κ1) is 20.4. The summed E-state index contributed by atoms with van der Waals surface area (Å²) in [5, 5.41) is 11.2. The van der Waals surface area contributed by atoms with Crippen molar-refractivity contribution in [3.8, 4) is 16.9 Å². The van der Waals surface area contributed by atoms with Gasteiger partial charge in [0.15, 0.2) is 5.75 Å². The Morgan fingerprint density at radius 3 is 1.94 bits per heavy atom. The zero-order valence-electron chi connectivity index (χ0n) is 18.0. The van der Waals surface area contributed by atoms with Crippen molar-refractivity contribution in [2.24, 2.45) is 10.2 Å². The second-order valence-corrected chi connectivity index (χ2v) is 8.24. The van der Waals surface area contributed by atoms with E-state index in [-0.39, 0.29) is 6.10 Å². The average Bonchev–Trinajstić information content (AvgIpc) is 2.87. The third-order valence-corrected chi connectivity index (χ3v) is 5.90. The molecule has 0 saturated heterocycles. The highest BCUT2D eigenvalue weighted by Crippen LogP contribution is 2.28. The Morgan fingerprint density at radius 2 is 1.22 bits per heavy atom. The van der Waals surface area contributed by atoms with E-state index in [1.807, 2.05) is 36.4 Å². The zero-order valence-corrected chi connectivity index (χ0v) is 18.0. The molecular weight excluding hydrogens is 396 g/mol. The summed E-state index contributed by atoms with van der Waals surface area (Å²) in [6, 6.07) is 30.6. The van der Waals surface area contributed by atoms with Crippen LogP contribution in [0.3, 0.4) is 0 Å². The molecule has 1 saturated carbocycles. The standard InChI is InChI=1S/C28H26N2O2/c1-2-8-27(9-3-1)31-32-28-18-16-26(17-19-28)30-29-25-14-12-22(13-15-25)24-11-10-21-6-4-5-7-23(21)20-24/h4-7,10-20,27H,1-3,8-9H2. The third-order valence-electron chi connectivity index (χ3n) is 5.90. The molecule has 0 bridgehead atoms. The van der Waals surface area contributed by atoms with E-state index >= 15 is 0 Å². The van der Waals surface area contributed by atoms with Gasteiger partial charge in [-0.15, -0.1) is 0 Å². The Hall–Kier alpha value is -3.50. The SMILES string of the molecule is c1ccc2cc(-c3ccc(N=Nc4ccc(OOC5CCCCC5)cc4)cc3)ccc2c1. The quantitative estimate of drug-likeness (QED) is 0.177. The first-order valence-electron chi connectivity index (χ1n) is 11.3. The molecule has 1 aliphatic rings. The van der Waals surface area contributed by atoms with Gasteiger partial charge in [0.2, 0.25) is 0 Å². The van der Waals surface area contributed by atoms with Crippen molar-refractivity contribution in [2.45, 2.75) is 38.2 Å². The van der Waals surface area contributed by atoms with Crippen LogP contribution in [0.1, 0.15) is 32.1 Å². The summed E-state index contributed by atoms with van der Waals surface area (Å²) in [6.45, 7) is 0. The molecule has 5 rings (SSSR count). The Kier molecular flexibility index (Phi) is 6.22. The van der Waals surface area contributed by atoms with Crippen molar-refractivity contribution in [1.82, 2.24) is 0 Å². The molecule has 0 aromatic heterocycles. The molecule has 4 aromatic rings. The normalized spacial score (nSPS) is 14.8. The minimum Gasteiger partial charge on any atom is -0.337 e. The summed E-state index contributed by atoms with van der Waals surface area (Å²) < 4.78 is 0. The van der Waals surface area contributed by atoms with Crippen LogP contribution < -0.4 is 4.89 Å². The van der Waals surface area contributed by atoms with Crippen molar-refractivity contribution in [3.05, 3.63) is 91.0 Å². The third kappa shape index (κ3) is 5.04. The molecule has 0 heterocycles. The first-order valence-corrected chi connectivity index (χ1v) is 11.3. The van der Waals surface area contributed by atoms with E-state index in [0.717, 1.165) is 29.8 Å². The van der Waals surface area contributed by atoms with E-state index in [1.165, 1.54) is 35.6 Å². The highest BCUT2D eigenvalue weighted by atomic mass is 17.2. The summed E-state index contributed by atoms with van der Waals surface area (Å²) in [7, 11) is 0. The lowest BCUT2D eigenvalue weighted by molar-refractivity contribution is -0.250. The summed E-state index contributed by atoms with van der Waals surface area (Å²) in [6.07, 6.45) is 6.09. The van der Waals surface area contributed by atoms with Crippen LogP contribution in [0.15, 0.2) is 101 Å². The molecule has 0 unspecified atom stereocenters. The molecule has 0 radical (unpaired) electrons. The molecule has 1 fully saturated rings. The van der Waals surface area contributed by atoms with E-state index in [4.69, 9.17) is 9.78 Å². The van der Waals surface area contributed by atoms with Gasteiger partial charge in [-0.3, -0.25) is 0 Å². The lowest BCUT2D eigenvalue weighted by Crippen LogP contribution is -2.18. The van der Waals surface area contributed by atoms with Crippen molar-refractivity contribution in [2.75, 3.05) is 0 Å². The van der Waals surface area contributed by atoms with Gasteiger partial charge in [-0.05, 0) is 77.2 Å². The van der Waals surface area contributed by atoms with Gasteiger partial charge in [0.1, 0.15) is 6.10 Å². The fourth-order valence-electron chi connectivity index (χ4n) is 4.06. The van der Waals surface area contributed by atoms with Crippen LogP contribution >= 0.6 is 0 Å². The number of benzene rings is 4. The van der Waals surface area contributed by atoms with E-state index in [1.54, 1.807) is 0 Å². The van der Waals surface area contributed by atoms with Gasteiger partial charge in [-0.1, -0.05) is 67.8 Å². The Balaban J connectivity index is 1.20. The second kappa shape index (κ2) is 9.75. The summed E-state index contributed by atoms with van der Waals surface area (Å²) in [4.78, 5) is 11.0. The number of fused-ring (bicyclic) bond motifs is 1. The summed E-state index contributed by atoms with van der Waals surface area (Å²) >= 11 is 0. The smallest absolute Gasteiger partial charge is 0.165 e. The average molecular weight is 423 g/mol. The molecule has 0 N–H and O–H groups in total. The summed E-state index contributed by atoms with van der Waals surface area (Å²) in [5.41, 5.74) is 3.94. The van der Waals surface area contributed by atoms with Gasteiger partial charge in [0, 0.05) is 0 Å². The topological polar surface area (TPSA) is 43.2 Å². The van der Waals surface area contributed by atoms with Gasteiger partial charge >= 0.3 is 0 Å². The Bertz CT molecular complexity index is 1190. The molecule has 0 spiro atoms. The van der Waals surface area contributed by atoms with Crippen molar-refractivity contribution < 1.29 is 9.78 Å². The lowest BCUT2D eigenvalue weighted by Gasteiger charge is -2.20. The predicted octanol–water partition coefficient (Wildman–Crippen LogP) is 8.57. The highest BCUT2D eigenvalue weighted by molar-refractivity contribution is 5.87. The molecule has 0 atom stereocenters. The maximum absolute atomic E-state index is 5.56. The van der Waals surface area contributed by atoms with E-state index in [0.29, 0.717) is 5.75 Å². The second-order valence-electron chi connectivity index (χ2n) is 8.24. The van der Waals surface area contributed by atoms with Crippen LogP contribution in [0.2, 0.25) is 0 Å². The van der Waals surface area contributed by atoms with Crippen LogP contribution in [0.4, 0.5) is 11.4 Å². The molecule has 4 nitrogen and oxygen atoms in total. The Labute approximate surface area is 188 Å². The number of hydrogen-bond acceptors (Lipinski definition) is 4. The lowest BCUT2D eigenvalue weighted by atomic mass is 9.98. The van der Waals surface area contributed by atoms with Gasteiger partial charge in [0.25, 0.3) is 0 Å². The van der Waals surface area contributed by atoms with E-state index in [9.17, 15) is 0 Å². The van der Waals surface area contributed by atoms with Crippen LogP contribution in [0.25, 0.3) is 21.9 Å². The van der Waals surface area contributed by atoms with E-state index in [2.05, 4.69) is 64.8 Å². The fraction of sp³-hybridized carbons (Fsp3) is 0.214. The zero-order chi connectivity index (χ0) is 21.6. The van der Waals surface area contributed by atoms with Crippen LogP contribution in [0, 0.1) is 0 Å². The summed E-state index contributed by atoms with van der Waals surface area (Å²) in [5.74, 6) is 0.689. The molecule has 4 heteroatoms. The largest absolute Gasteiger partial charge is 0.337 e. The molecule has 1 aliphatic carbocycles. The molecule has 4 aromatic carbocycles. The number of rotatable bonds is 6. The van der Waals surface area contributed by atoms with Crippen LogP contribution in [0.5, 0.6) is 5.75 Å². The number of azo groups is 1. The van der Waals surface area contributed by atoms with Gasteiger partial charge in [0.05, 0.1) is 11.4 Å². The highest BCUT2D eigenvalue weighted by Gasteiger charge is 2.15. The maximum Gasteiger partial charge on any atom is 0.165 e. The minimum atomic E-state index is 0.209. The van der Waals surface area contributed by atoms with Crippen LogP contribution in [-0.2, 0) is 4.89 Å². The minimum absolute atomic E-state index is 0.209. The molecule has 32 heavy (non-hydrogen) atoms. The van der Waals surface area contributed by atoms with Crippen molar-refractivity contribution >= 4 is 22.1 Å². The first-order chi connectivity index (χ1) is 15.8. The fourth-order valence-corrected chi connectivity index (χ4v) is 4.06. The Morgan fingerprint density at radius 1 is 0.594 bits per heavy atom.